The number of esters is 1. The zero-order valence-corrected chi connectivity index (χ0v) is 24.6. The second-order valence-corrected chi connectivity index (χ2v) is 11.2. The summed E-state index contributed by atoms with van der Waals surface area (Å²) in [4.78, 5) is 30.1. The number of methoxy groups -OCH3 is 1. The van der Waals surface area contributed by atoms with Crippen LogP contribution in [0.25, 0.3) is 20.8 Å². The molecule has 0 radical (unpaired) electrons. The Morgan fingerprint density at radius 3 is 2.52 bits per heavy atom. The third kappa shape index (κ3) is 6.54. The number of aliphatic hydroxyl groups is 1. The highest BCUT2D eigenvalue weighted by Gasteiger charge is 2.38. The topological polar surface area (TPSA) is 107 Å². The third-order valence-corrected chi connectivity index (χ3v) is 8.35. The number of allylic oxidation sites excluding steroid dienone is 1. The Hall–Kier alpha value is -4.05. The molecule has 0 saturated carbocycles. The number of hydrogen-bond donors (Lipinski definition) is 2. The van der Waals surface area contributed by atoms with Crippen LogP contribution in [0.3, 0.4) is 0 Å². The second kappa shape index (κ2) is 13.3. The van der Waals surface area contributed by atoms with Gasteiger partial charge >= 0.3 is 5.97 Å². The number of thiazole rings is 1. The minimum atomic E-state index is -0.678. The average molecular weight is 587 g/mol. The lowest BCUT2D eigenvalue weighted by atomic mass is 9.80. The summed E-state index contributed by atoms with van der Waals surface area (Å²) < 4.78 is 18.0. The van der Waals surface area contributed by atoms with E-state index in [0.29, 0.717) is 30.7 Å². The average Bonchev–Trinajstić information content (AvgIpc) is 3.43. The maximum atomic E-state index is 13.4. The number of fused-ring (bicyclic) bond motifs is 1. The standard InChI is InChI=1S/C33H34N2O6S/c1-4-40-33-25(6-5-17-36)26(21-8-10-23(11-9-21)32(38)39-3)19-28(41-33)30(37)34-24-14-12-22(13-15-24)31-35-27-16-7-20(2)18-29(27)42-31/h7-16,18-19,25-26,33,36H,4-6,17H2,1-3H3,(H,34,37). The molecule has 0 bridgehead atoms. The lowest BCUT2D eigenvalue weighted by Gasteiger charge is -2.37. The molecule has 8 nitrogen and oxygen atoms in total. The first-order valence-corrected chi connectivity index (χ1v) is 14.8. The van der Waals surface area contributed by atoms with E-state index >= 15 is 0 Å². The minimum Gasteiger partial charge on any atom is -0.465 e. The van der Waals surface area contributed by atoms with E-state index in [0.717, 1.165) is 26.4 Å². The van der Waals surface area contributed by atoms with Crippen molar-refractivity contribution in [1.29, 1.82) is 0 Å². The fourth-order valence-corrected chi connectivity index (χ4v) is 6.22. The largest absolute Gasteiger partial charge is 0.465 e. The highest BCUT2D eigenvalue weighted by molar-refractivity contribution is 7.21. The summed E-state index contributed by atoms with van der Waals surface area (Å²) in [6, 6.07) is 20.9. The number of rotatable bonds is 10. The SMILES string of the molecule is CCOC1OC(C(=O)Nc2ccc(-c3nc4ccc(C)cc4s3)cc2)=CC(c2ccc(C(=O)OC)cc2)C1CCCO. The fraction of sp³-hybridized carbons (Fsp3) is 0.303. The number of amides is 1. The predicted molar refractivity (Wildman–Crippen MR) is 163 cm³/mol. The Bertz CT molecular complexity index is 1580. The van der Waals surface area contributed by atoms with Crippen molar-refractivity contribution in [3.8, 4) is 10.6 Å². The molecular formula is C33H34N2O6S. The molecular weight excluding hydrogens is 552 g/mol. The summed E-state index contributed by atoms with van der Waals surface area (Å²) in [5.74, 6) is -1.03. The van der Waals surface area contributed by atoms with Crippen LogP contribution >= 0.6 is 11.3 Å². The first-order chi connectivity index (χ1) is 20.4. The van der Waals surface area contributed by atoms with E-state index in [9.17, 15) is 14.7 Å². The van der Waals surface area contributed by atoms with Gasteiger partial charge in [-0.15, -0.1) is 11.3 Å². The van der Waals surface area contributed by atoms with E-state index < -0.39 is 12.3 Å². The molecule has 0 saturated heterocycles. The van der Waals surface area contributed by atoms with E-state index in [1.807, 2.05) is 49.4 Å². The summed E-state index contributed by atoms with van der Waals surface area (Å²) in [7, 11) is 1.34. The monoisotopic (exact) mass is 586 g/mol. The van der Waals surface area contributed by atoms with Gasteiger partial charge in [-0.3, -0.25) is 4.79 Å². The minimum absolute atomic E-state index is 0.0348. The molecule has 3 atom stereocenters. The van der Waals surface area contributed by atoms with Gasteiger partial charge in [0.2, 0.25) is 6.29 Å². The number of aromatic nitrogens is 1. The smallest absolute Gasteiger partial charge is 0.337 e. The molecule has 3 aromatic carbocycles. The summed E-state index contributed by atoms with van der Waals surface area (Å²) in [6.07, 6.45) is 2.31. The van der Waals surface area contributed by atoms with Gasteiger partial charge in [0.05, 0.1) is 22.9 Å². The molecule has 2 N–H and O–H groups in total. The van der Waals surface area contributed by atoms with Gasteiger partial charge < -0.3 is 24.6 Å². The Morgan fingerprint density at radius 1 is 1.07 bits per heavy atom. The molecule has 218 valence electrons. The number of carbonyl (C=O) groups is 2. The van der Waals surface area contributed by atoms with Crippen LogP contribution in [0.4, 0.5) is 5.69 Å². The molecule has 0 fully saturated rings. The highest BCUT2D eigenvalue weighted by Crippen LogP contribution is 2.40. The Kier molecular flexibility index (Phi) is 9.31. The summed E-state index contributed by atoms with van der Waals surface area (Å²) in [5.41, 5.74) is 5.10. The van der Waals surface area contributed by atoms with Gasteiger partial charge in [0, 0.05) is 36.3 Å². The summed E-state index contributed by atoms with van der Waals surface area (Å²) in [6.45, 7) is 4.37. The molecule has 5 rings (SSSR count). The fourth-order valence-electron chi connectivity index (χ4n) is 5.15. The summed E-state index contributed by atoms with van der Waals surface area (Å²) >= 11 is 1.64. The molecule has 1 aromatic heterocycles. The zero-order chi connectivity index (χ0) is 29.6. The van der Waals surface area contributed by atoms with Crippen LogP contribution in [-0.4, -0.2) is 48.6 Å². The van der Waals surface area contributed by atoms with E-state index in [-0.39, 0.29) is 30.1 Å². The first kappa shape index (κ1) is 29.4. The number of nitrogens with one attached hydrogen (secondary N) is 1. The number of benzene rings is 3. The van der Waals surface area contributed by atoms with Gasteiger partial charge in [0.15, 0.2) is 5.76 Å². The molecule has 2 heterocycles. The number of nitrogens with zero attached hydrogens (tertiary/aromatic N) is 1. The molecule has 1 aliphatic heterocycles. The van der Waals surface area contributed by atoms with Crippen molar-refractivity contribution < 1.29 is 28.9 Å². The van der Waals surface area contributed by atoms with Crippen molar-refractivity contribution in [2.24, 2.45) is 5.92 Å². The molecule has 4 aromatic rings. The highest BCUT2D eigenvalue weighted by atomic mass is 32.1. The van der Waals surface area contributed by atoms with Crippen molar-refractivity contribution in [2.45, 2.75) is 38.9 Å². The summed E-state index contributed by atoms with van der Waals surface area (Å²) in [5, 5.41) is 13.4. The normalized spacial score (nSPS) is 18.3. The van der Waals surface area contributed by atoms with Crippen molar-refractivity contribution in [2.75, 3.05) is 25.6 Å². The zero-order valence-electron chi connectivity index (χ0n) is 23.8. The van der Waals surface area contributed by atoms with E-state index in [1.165, 1.54) is 12.7 Å². The molecule has 1 aliphatic rings. The lowest BCUT2D eigenvalue weighted by Crippen LogP contribution is -2.37. The van der Waals surface area contributed by atoms with Gasteiger partial charge in [0.25, 0.3) is 5.91 Å². The maximum absolute atomic E-state index is 13.4. The van der Waals surface area contributed by atoms with Crippen molar-refractivity contribution >= 4 is 39.1 Å². The lowest BCUT2D eigenvalue weighted by molar-refractivity contribution is -0.165. The first-order valence-electron chi connectivity index (χ1n) is 14.0. The van der Waals surface area contributed by atoms with Gasteiger partial charge in [-0.05, 0) is 92.4 Å². The van der Waals surface area contributed by atoms with Gasteiger partial charge in [0.1, 0.15) is 5.01 Å². The van der Waals surface area contributed by atoms with Crippen molar-refractivity contribution in [3.63, 3.8) is 0 Å². The van der Waals surface area contributed by atoms with E-state index in [1.54, 1.807) is 29.5 Å². The maximum Gasteiger partial charge on any atom is 0.337 e. The van der Waals surface area contributed by atoms with Gasteiger partial charge in [-0.2, -0.15) is 0 Å². The van der Waals surface area contributed by atoms with Crippen molar-refractivity contribution in [3.05, 3.63) is 95.3 Å². The number of ether oxygens (including phenoxy) is 3. The quantitative estimate of drug-likeness (QED) is 0.206. The van der Waals surface area contributed by atoms with Gasteiger partial charge in [-0.1, -0.05) is 18.2 Å². The molecule has 0 aliphatic carbocycles. The second-order valence-electron chi connectivity index (χ2n) is 10.2. The van der Waals surface area contributed by atoms with Crippen LogP contribution in [0.2, 0.25) is 0 Å². The molecule has 1 amide bonds. The Morgan fingerprint density at radius 2 is 1.83 bits per heavy atom. The van der Waals surface area contributed by atoms with E-state index in [4.69, 9.17) is 19.2 Å². The van der Waals surface area contributed by atoms with Crippen LogP contribution < -0.4 is 5.32 Å². The van der Waals surface area contributed by atoms with Crippen LogP contribution in [0.15, 0.2) is 78.6 Å². The molecule has 3 unspecified atom stereocenters. The molecule has 42 heavy (non-hydrogen) atoms. The number of anilines is 1. The Labute approximate surface area is 249 Å². The molecule has 0 spiro atoms. The number of aryl methyl sites for hydroxylation is 1. The van der Waals surface area contributed by atoms with Crippen LogP contribution in [-0.2, 0) is 19.0 Å². The molecule has 9 heteroatoms. The van der Waals surface area contributed by atoms with Crippen LogP contribution in [0, 0.1) is 12.8 Å². The van der Waals surface area contributed by atoms with Crippen LogP contribution in [0.5, 0.6) is 0 Å². The van der Waals surface area contributed by atoms with E-state index in [2.05, 4.69) is 24.4 Å². The number of hydrogen-bond acceptors (Lipinski definition) is 8. The predicted octanol–water partition coefficient (Wildman–Crippen LogP) is 6.45. The third-order valence-electron chi connectivity index (χ3n) is 7.29. The van der Waals surface area contributed by atoms with Crippen molar-refractivity contribution in [1.82, 2.24) is 4.98 Å². The van der Waals surface area contributed by atoms with Gasteiger partial charge in [-0.25, -0.2) is 9.78 Å². The number of carbonyl (C=O) groups excluding carboxylic acids is 2. The Balaban J connectivity index is 1.38. The van der Waals surface area contributed by atoms with Crippen LogP contribution in [0.1, 0.15) is 47.2 Å². The number of aliphatic hydroxyl groups excluding tert-OH is 1.